The minimum absolute atomic E-state index is 0.122. The molecule has 4 heteroatoms. The normalized spacial score (nSPS) is 10.4. The molecule has 2 aromatic carbocycles. The Bertz CT molecular complexity index is 659. The van der Waals surface area contributed by atoms with Crippen molar-refractivity contribution in [3.8, 4) is 0 Å². The lowest BCUT2D eigenvalue weighted by Gasteiger charge is -2.13. The molecule has 0 aromatic heterocycles. The maximum atomic E-state index is 12.5. The number of hydrogen-bond acceptors (Lipinski definition) is 1. The summed E-state index contributed by atoms with van der Waals surface area (Å²) in [4.78, 5) is 12.5. The minimum atomic E-state index is -0.122. The second-order valence-electron chi connectivity index (χ2n) is 4.83. The van der Waals surface area contributed by atoms with Gasteiger partial charge in [-0.1, -0.05) is 35.4 Å². The van der Waals surface area contributed by atoms with Crippen molar-refractivity contribution >= 4 is 39.1 Å². The van der Waals surface area contributed by atoms with Crippen LogP contribution in [-0.4, -0.2) is 5.91 Å². The fraction of sp³-hybridized carbons (Fsp3) is 0.188. The van der Waals surface area contributed by atoms with Crippen molar-refractivity contribution in [3.05, 3.63) is 62.1 Å². The van der Waals surface area contributed by atoms with E-state index in [1.165, 1.54) is 0 Å². The number of halogens is 2. The van der Waals surface area contributed by atoms with Gasteiger partial charge in [0.15, 0.2) is 0 Å². The average Bonchev–Trinajstić information content (AvgIpc) is 2.33. The molecule has 0 unspecified atom stereocenters. The Kier molecular flexibility index (Phi) is 4.51. The molecule has 0 aliphatic carbocycles. The molecule has 0 aliphatic rings. The number of benzene rings is 2. The number of rotatable bonds is 2. The Morgan fingerprint density at radius 3 is 2.35 bits per heavy atom. The summed E-state index contributed by atoms with van der Waals surface area (Å²) in [5, 5.41) is 3.47. The Labute approximate surface area is 132 Å². The molecule has 0 radical (unpaired) electrons. The van der Waals surface area contributed by atoms with Crippen LogP contribution in [0.1, 0.15) is 27.0 Å². The van der Waals surface area contributed by atoms with E-state index in [2.05, 4.69) is 21.2 Å². The van der Waals surface area contributed by atoms with E-state index in [0.717, 1.165) is 16.7 Å². The molecule has 2 rings (SSSR count). The lowest BCUT2D eigenvalue weighted by molar-refractivity contribution is 0.102. The minimum Gasteiger partial charge on any atom is -0.321 e. The van der Waals surface area contributed by atoms with Crippen LogP contribution in [0.4, 0.5) is 5.69 Å². The standard InChI is InChI=1S/C16H15BrClNO/c1-9-7-10(2)14(11(3)8-9)16(20)19-13-6-4-5-12(18)15(13)17/h4-8H,1-3H3,(H,19,20). The zero-order valence-electron chi connectivity index (χ0n) is 11.6. The van der Waals surface area contributed by atoms with Crippen LogP contribution in [-0.2, 0) is 0 Å². The quantitative estimate of drug-likeness (QED) is 0.782. The van der Waals surface area contributed by atoms with Gasteiger partial charge in [0.1, 0.15) is 0 Å². The highest BCUT2D eigenvalue weighted by molar-refractivity contribution is 9.10. The van der Waals surface area contributed by atoms with Gasteiger partial charge in [-0.25, -0.2) is 0 Å². The third kappa shape index (κ3) is 3.05. The summed E-state index contributed by atoms with van der Waals surface area (Å²) >= 11 is 9.41. The predicted octanol–water partition coefficient (Wildman–Crippen LogP) is 5.28. The third-order valence-electron chi connectivity index (χ3n) is 3.10. The number of aryl methyl sites for hydroxylation is 3. The van der Waals surface area contributed by atoms with Gasteiger partial charge >= 0.3 is 0 Å². The van der Waals surface area contributed by atoms with Crippen LogP contribution in [0.3, 0.4) is 0 Å². The van der Waals surface area contributed by atoms with E-state index in [0.29, 0.717) is 20.7 Å². The summed E-state index contributed by atoms with van der Waals surface area (Å²) in [6.45, 7) is 5.92. The van der Waals surface area contributed by atoms with E-state index in [1.807, 2.05) is 39.0 Å². The summed E-state index contributed by atoms with van der Waals surface area (Å²) in [5.74, 6) is -0.122. The maximum Gasteiger partial charge on any atom is 0.256 e. The van der Waals surface area contributed by atoms with Crippen molar-refractivity contribution in [2.24, 2.45) is 0 Å². The number of anilines is 1. The maximum absolute atomic E-state index is 12.5. The molecule has 0 heterocycles. The van der Waals surface area contributed by atoms with E-state index in [9.17, 15) is 4.79 Å². The third-order valence-corrected chi connectivity index (χ3v) is 4.50. The monoisotopic (exact) mass is 351 g/mol. The van der Waals surface area contributed by atoms with Crippen molar-refractivity contribution < 1.29 is 4.79 Å². The van der Waals surface area contributed by atoms with Crippen molar-refractivity contribution in [3.63, 3.8) is 0 Å². The second-order valence-corrected chi connectivity index (χ2v) is 6.03. The summed E-state index contributed by atoms with van der Waals surface area (Å²) < 4.78 is 0.692. The summed E-state index contributed by atoms with van der Waals surface area (Å²) in [7, 11) is 0. The first-order valence-corrected chi connectivity index (χ1v) is 7.40. The number of hydrogen-bond donors (Lipinski definition) is 1. The molecule has 20 heavy (non-hydrogen) atoms. The summed E-state index contributed by atoms with van der Waals surface area (Å²) in [5.41, 5.74) is 4.47. The molecule has 0 spiro atoms. The van der Waals surface area contributed by atoms with Crippen LogP contribution < -0.4 is 5.32 Å². The van der Waals surface area contributed by atoms with Crippen LogP contribution in [0.2, 0.25) is 5.02 Å². The highest BCUT2D eigenvalue weighted by Crippen LogP contribution is 2.30. The van der Waals surface area contributed by atoms with Gasteiger partial charge in [0.25, 0.3) is 5.91 Å². The first-order chi connectivity index (χ1) is 9.40. The number of nitrogens with one attached hydrogen (secondary N) is 1. The SMILES string of the molecule is Cc1cc(C)c(C(=O)Nc2cccc(Cl)c2Br)c(C)c1. The second kappa shape index (κ2) is 5.98. The molecular formula is C16H15BrClNO. The Morgan fingerprint density at radius 1 is 1.15 bits per heavy atom. The molecule has 0 fully saturated rings. The fourth-order valence-electron chi connectivity index (χ4n) is 2.32. The molecule has 0 saturated carbocycles. The molecule has 1 amide bonds. The molecule has 0 atom stereocenters. The highest BCUT2D eigenvalue weighted by Gasteiger charge is 2.14. The first-order valence-electron chi connectivity index (χ1n) is 6.23. The van der Waals surface area contributed by atoms with Gasteiger partial charge in [-0.2, -0.15) is 0 Å². The van der Waals surface area contributed by atoms with Crippen molar-refractivity contribution in [1.82, 2.24) is 0 Å². The van der Waals surface area contributed by atoms with Crippen molar-refractivity contribution in [1.29, 1.82) is 0 Å². The number of carbonyl (C=O) groups excluding carboxylic acids is 1. The van der Waals surface area contributed by atoms with E-state index in [4.69, 9.17) is 11.6 Å². The summed E-state index contributed by atoms with van der Waals surface area (Å²) in [6, 6.07) is 9.40. The Balaban J connectivity index is 2.36. The van der Waals surface area contributed by atoms with Crippen LogP contribution in [0.25, 0.3) is 0 Å². The Morgan fingerprint density at radius 2 is 1.75 bits per heavy atom. The zero-order valence-corrected chi connectivity index (χ0v) is 13.9. The molecule has 0 bridgehead atoms. The van der Waals surface area contributed by atoms with Crippen LogP contribution in [0, 0.1) is 20.8 Å². The highest BCUT2D eigenvalue weighted by atomic mass is 79.9. The Hall–Kier alpha value is -1.32. The largest absolute Gasteiger partial charge is 0.321 e. The smallest absolute Gasteiger partial charge is 0.256 e. The van der Waals surface area contributed by atoms with E-state index < -0.39 is 0 Å². The molecule has 104 valence electrons. The predicted molar refractivity (Wildman–Crippen MR) is 87.8 cm³/mol. The van der Waals surface area contributed by atoms with Gasteiger partial charge in [-0.15, -0.1) is 0 Å². The van der Waals surface area contributed by atoms with Crippen LogP contribution in [0.5, 0.6) is 0 Å². The zero-order chi connectivity index (χ0) is 14.9. The van der Waals surface area contributed by atoms with Gasteiger partial charge < -0.3 is 5.32 Å². The van der Waals surface area contributed by atoms with Gasteiger partial charge in [0.05, 0.1) is 15.2 Å². The molecule has 2 nitrogen and oxygen atoms in total. The number of carbonyl (C=O) groups is 1. The molecule has 1 N–H and O–H groups in total. The lowest BCUT2D eigenvalue weighted by Crippen LogP contribution is -2.15. The topological polar surface area (TPSA) is 29.1 Å². The van der Waals surface area contributed by atoms with Gasteiger partial charge in [0, 0.05) is 5.56 Å². The van der Waals surface area contributed by atoms with E-state index in [1.54, 1.807) is 12.1 Å². The summed E-state index contributed by atoms with van der Waals surface area (Å²) in [6.07, 6.45) is 0. The van der Waals surface area contributed by atoms with Crippen molar-refractivity contribution in [2.75, 3.05) is 5.32 Å². The van der Waals surface area contributed by atoms with Crippen molar-refractivity contribution in [2.45, 2.75) is 20.8 Å². The molecule has 0 saturated heterocycles. The van der Waals surface area contributed by atoms with E-state index >= 15 is 0 Å². The lowest BCUT2D eigenvalue weighted by atomic mass is 9.99. The molecule has 0 aliphatic heterocycles. The molecular weight excluding hydrogens is 338 g/mol. The van der Waals surface area contributed by atoms with Gasteiger partial charge in [0.2, 0.25) is 0 Å². The van der Waals surface area contributed by atoms with Crippen LogP contribution in [0.15, 0.2) is 34.8 Å². The fourth-order valence-corrected chi connectivity index (χ4v) is 2.86. The van der Waals surface area contributed by atoms with Gasteiger partial charge in [-0.05, 0) is 60.0 Å². The van der Waals surface area contributed by atoms with Crippen LogP contribution >= 0.6 is 27.5 Å². The average molecular weight is 353 g/mol. The number of amides is 1. The van der Waals surface area contributed by atoms with E-state index in [-0.39, 0.29) is 5.91 Å². The molecule has 2 aromatic rings. The van der Waals surface area contributed by atoms with Gasteiger partial charge in [-0.3, -0.25) is 4.79 Å². The first kappa shape index (κ1) is 15.1.